The monoisotopic (exact) mass is 358 g/mol. The molecule has 0 aromatic carbocycles. The van der Waals surface area contributed by atoms with Crippen LogP contribution in [0.15, 0.2) is 12.2 Å². The van der Waals surface area contributed by atoms with E-state index in [0.29, 0.717) is 17.4 Å². The van der Waals surface area contributed by atoms with E-state index in [4.69, 9.17) is 20.0 Å². The molecular weight excluding hydrogens is 335 g/mol. The Bertz CT molecular complexity index is 364. The second-order valence-corrected chi connectivity index (χ2v) is 10.4. The average molecular weight is 358 g/mol. The Morgan fingerprint density at radius 3 is 1.90 bits per heavy atom. The highest BCUT2D eigenvalue weighted by molar-refractivity contribution is 8.67. The first kappa shape index (κ1) is 22.9. The molecule has 21 heavy (non-hydrogen) atoms. The minimum atomic E-state index is -3.04. The summed E-state index contributed by atoms with van der Waals surface area (Å²) < 4.78 is 0. The highest BCUT2D eigenvalue weighted by atomic mass is 32.9. The first-order valence-electron chi connectivity index (χ1n) is 6.50. The number of carboxylic acids is 2. The predicted molar refractivity (Wildman–Crippen MR) is 88.9 cm³/mol. The van der Waals surface area contributed by atoms with Gasteiger partial charge in [-0.2, -0.15) is 0 Å². The lowest BCUT2D eigenvalue weighted by molar-refractivity contribution is -0.134. The van der Waals surface area contributed by atoms with E-state index in [1.165, 1.54) is 24.2 Å². The van der Waals surface area contributed by atoms with E-state index < -0.39 is 17.6 Å². The van der Waals surface area contributed by atoms with Gasteiger partial charge in [0.2, 0.25) is 5.69 Å². The lowest BCUT2D eigenvalue weighted by Crippen LogP contribution is -2.00. The Kier molecular flexibility index (Phi) is 14.5. The molecule has 0 aliphatic heterocycles. The van der Waals surface area contributed by atoms with Crippen LogP contribution in [0.2, 0.25) is 0 Å². The zero-order valence-corrected chi connectivity index (χ0v) is 14.7. The lowest BCUT2D eigenvalue weighted by Gasteiger charge is -2.16. The van der Waals surface area contributed by atoms with Gasteiger partial charge in [0.1, 0.15) is 0 Å². The largest absolute Gasteiger partial charge is 0.478 e. The van der Waals surface area contributed by atoms with Crippen LogP contribution in [0.1, 0.15) is 46.0 Å². The summed E-state index contributed by atoms with van der Waals surface area (Å²) in [7, 11) is 0. The second kappa shape index (κ2) is 13.3. The number of carboxylic acid groups (broad SMARTS) is 2. The molecule has 0 saturated heterocycles. The average Bonchev–Trinajstić information content (AvgIpc) is 2.34. The first-order valence-corrected chi connectivity index (χ1v) is 10.7. The van der Waals surface area contributed by atoms with E-state index in [2.05, 4.69) is 25.7 Å². The molecule has 124 valence electrons. The van der Waals surface area contributed by atoms with Gasteiger partial charge in [0.15, 0.2) is 0 Å². The Morgan fingerprint density at radius 2 is 1.62 bits per heavy atom. The molecule has 0 spiro atoms. The van der Waals surface area contributed by atoms with Crippen LogP contribution in [-0.2, 0) is 21.4 Å². The van der Waals surface area contributed by atoms with Gasteiger partial charge in [0.25, 0.3) is 0 Å². The number of carbonyl (C=O) groups is 2. The summed E-state index contributed by atoms with van der Waals surface area (Å²) in [6, 6.07) is 0. The molecule has 0 aliphatic rings. The molecule has 0 aliphatic carbocycles. The molecule has 1 atom stereocenters. The minimum Gasteiger partial charge on any atom is -0.478 e. The molecule has 0 heterocycles. The van der Waals surface area contributed by atoms with Crippen molar-refractivity contribution in [3.05, 3.63) is 12.2 Å². The van der Waals surface area contributed by atoms with Crippen LogP contribution >= 0.6 is 17.1 Å². The van der Waals surface area contributed by atoms with E-state index >= 15 is 0 Å². The summed E-state index contributed by atoms with van der Waals surface area (Å²) in [5.74, 6) is -2.51. The van der Waals surface area contributed by atoms with E-state index in [1.54, 1.807) is 0 Å². The topological polar surface area (TPSA) is 115 Å². The zero-order valence-electron chi connectivity index (χ0n) is 12.1. The Hall–Kier alpha value is -0.400. The second-order valence-electron chi connectivity index (χ2n) is 4.13. The fourth-order valence-electron chi connectivity index (χ4n) is 1.29. The predicted octanol–water partition coefficient (Wildman–Crippen LogP) is 3.00. The first-order chi connectivity index (χ1) is 9.62. The van der Waals surface area contributed by atoms with Crippen molar-refractivity contribution in [3.8, 4) is 0 Å². The summed E-state index contributed by atoms with van der Waals surface area (Å²) in [4.78, 5) is 37.3. The highest BCUT2D eigenvalue weighted by Gasteiger charge is 2.16. The highest BCUT2D eigenvalue weighted by Crippen LogP contribution is 2.54. The van der Waals surface area contributed by atoms with Crippen LogP contribution in [0.4, 0.5) is 0 Å². The van der Waals surface area contributed by atoms with Crippen molar-refractivity contribution in [3.63, 3.8) is 0 Å². The maximum atomic E-state index is 9.55. The van der Waals surface area contributed by atoms with Crippen molar-refractivity contribution in [2.75, 3.05) is 0 Å². The summed E-state index contributed by atoms with van der Waals surface area (Å²) in [6.45, 7) is 4.23. The van der Waals surface area contributed by atoms with Gasteiger partial charge in [-0.3, -0.25) is 0 Å². The fourth-order valence-corrected chi connectivity index (χ4v) is 5.12. The van der Waals surface area contributed by atoms with Gasteiger partial charge in [-0.15, -0.1) is 0 Å². The Morgan fingerprint density at radius 1 is 1.14 bits per heavy atom. The maximum absolute atomic E-state index is 9.55. The molecule has 4 N–H and O–H groups in total. The van der Waals surface area contributed by atoms with Crippen molar-refractivity contribution < 1.29 is 29.6 Å². The number of unbranched alkanes of at least 4 members (excludes halogenated alkanes) is 2. The van der Waals surface area contributed by atoms with Crippen LogP contribution in [0.3, 0.4) is 0 Å². The van der Waals surface area contributed by atoms with Crippen molar-refractivity contribution in [1.29, 1.82) is 0 Å². The van der Waals surface area contributed by atoms with Crippen molar-refractivity contribution in [2.45, 2.75) is 51.2 Å². The molecule has 0 bridgehead atoms. The van der Waals surface area contributed by atoms with Gasteiger partial charge < -0.3 is 20.0 Å². The number of hydrogen-bond donors (Lipinski definition) is 4. The molecule has 0 radical (unpaired) electrons. The van der Waals surface area contributed by atoms with Crippen LogP contribution in [-0.4, -0.2) is 37.2 Å². The molecular formula is C12H23O6PS2. The van der Waals surface area contributed by atoms with Crippen molar-refractivity contribution in [1.82, 2.24) is 0 Å². The third-order valence-corrected chi connectivity index (χ3v) is 5.87. The third kappa shape index (κ3) is 22.0. The molecule has 1 unspecified atom stereocenters. The van der Waals surface area contributed by atoms with Gasteiger partial charge in [0.05, 0.1) is 0 Å². The van der Waals surface area contributed by atoms with Gasteiger partial charge in [-0.1, -0.05) is 44.5 Å². The van der Waals surface area contributed by atoms with E-state index in [0.717, 1.165) is 19.3 Å². The van der Waals surface area contributed by atoms with Crippen molar-refractivity contribution in [2.24, 2.45) is 0 Å². The molecule has 0 aromatic heterocycles. The van der Waals surface area contributed by atoms with Crippen LogP contribution in [0.5, 0.6) is 0 Å². The fraction of sp³-hybridized carbons (Fsp3) is 0.667. The van der Waals surface area contributed by atoms with Crippen molar-refractivity contribution >= 4 is 40.8 Å². The SMILES string of the molecule is CCCCCC(CC)SP(O)(O)=S.O=C(O)/C=C/C(=O)O. The molecule has 0 amide bonds. The van der Waals surface area contributed by atoms with Crippen LogP contribution in [0.25, 0.3) is 0 Å². The molecule has 0 fully saturated rings. The summed E-state index contributed by atoms with van der Waals surface area (Å²) in [6.07, 6.45) is 6.72. The number of rotatable bonds is 9. The molecule has 6 nitrogen and oxygen atoms in total. The standard InChI is InChI=1S/C8H19O2PS2.C4H4O4/c1-3-5-6-7-8(4-2)13-11(9,10)12;5-3(6)1-2-4(7)8/h8H,3-7H2,1-2H3,(H2,9,10,12);1-2H,(H,5,6)(H,7,8)/b;2-1+. The summed E-state index contributed by atoms with van der Waals surface area (Å²) in [5, 5.41) is 16.0. The van der Waals surface area contributed by atoms with Gasteiger partial charge in [-0.25, -0.2) is 9.59 Å². The van der Waals surface area contributed by atoms with Crippen LogP contribution < -0.4 is 0 Å². The van der Waals surface area contributed by atoms with E-state index in [9.17, 15) is 9.59 Å². The van der Waals surface area contributed by atoms with Gasteiger partial charge in [-0.05, 0) is 24.6 Å². The zero-order chi connectivity index (χ0) is 16.9. The smallest absolute Gasteiger partial charge is 0.328 e. The third-order valence-electron chi connectivity index (χ3n) is 2.24. The molecule has 9 heteroatoms. The van der Waals surface area contributed by atoms with Gasteiger partial charge in [0, 0.05) is 17.4 Å². The van der Waals surface area contributed by atoms with E-state index in [1.807, 2.05) is 0 Å². The van der Waals surface area contributed by atoms with Crippen LogP contribution in [0, 0.1) is 0 Å². The number of aliphatic carboxylic acids is 2. The molecule has 0 aromatic rings. The normalized spacial score (nSPS) is 12.6. The summed E-state index contributed by atoms with van der Waals surface area (Å²) >= 11 is 5.78. The quantitative estimate of drug-likeness (QED) is 0.282. The van der Waals surface area contributed by atoms with Gasteiger partial charge >= 0.3 is 11.9 Å². The summed E-state index contributed by atoms with van der Waals surface area (Å²) in [5.41, 5.74) is -3.04. The van der Waals surface area contributed by atoms with E-state index in [-0.39, 0.29) is 0 Å². The minimum absolute atomic E-state index is 0.326. The Balaban J connectivity index is 0. The lowest BCUT2D eigenvalue weighted by atomic mass is 10.1. The molecule has 0 saturated carbocycles. The maximum Gasteiger partial charge on any atom is 0.328 e. The Labute approximate surface area is 134 Å². The molecule has 0 rings (SSSR count). The number of hydrogen-bond acceptors (Lipinski definition) is 4.